The SMILES string of the molecule is CCC1(COCCCCOc2ccc(C(=O)Oc3ccc4c(c3)C(F)c3cc(C(=O)Nc5ccc(O)cc5)ccc3-4)cc2)COC1. The zero-order valence-electron chi connectivity index (χ0n) is 25.6. The van der Waals surface area contributed by atoms with E-state index in [1.165, 1.54) is 24.3 Å². The maximum atomic E-state index is 15.7. The number of phenolic OH excluding ortho intramolecular Hbond substituents is 1. The Kier molecular flexibility index (Phi) is 9.33. The molecule has 9 heteroatoms. The standard InChI is InChI=1S/C37H36FNO7/c1-2-37(22-44-23-37)21-43-17-3-4-18-45-28-12-5-24(6-13-28)36(42)46-29-14-16-31-30-15-7-25(19-32(30)34(38)33(31)20-29)35(41)39-26-8-10-27(40)11-9-26/h5-16,19-20,34,40H,2-4,17-18,21-23H2,1H3,(H,39,41). The number of carbonyl (C=O) groups is 2. The van der Waals surface area contributed by atoms with Crippen molar-refractivity contribution in [3.05, 3.63) is 107 Å². The zero-order chi connectivity index (χ0) is 32.1. The molecular formula is C37H36FNO7. The molecule has 4 aromatic carbocycles. The van der Waals surface area contributed by atoms with E-state index in [0.29, 0.717) is 58.0 Å². The summed E-state index contributed by atoms with van der Waals surface area (Å²) in [7, 11) is 0. The number of alkyl halides is 1. The quantitative estimate of drug-likeness (QED) is 0.0686. The second kappa shape index (κ2) is 13.7. The summed E-state index contributed by atoms with van der Waals surface area (Å²) in [5.41, 5.74) is 3.45. The number of amides is 1. The van der Waals surface area contributed by atoms with Crippen LogP contribution >= 0.6 is 0 Å². The van der Waals surface area contributed by atoms with Crippen molar-refractivity contribution in [2.24, 2.45) is 5.41 Å². The van der Waals surface area contributed by atoms with Crippen LogP contribution in [0.1, 0.15) is 64.2 Å². The monoisotopic (exact) mass is 625 g/mol. The molecule has 1 saturated heterocycles. The summed E-state index contributed by atoms with van der Waals surface area (Å²) in [5, 5.41) is 12.2. The van der Waals surface area contributed by atoms with Crippen LogP contribution in [-0.2, 0) is 9.47 Å². The van der Waals surface area contributed by atoms with Crippen LogP contribution in [0.2, 0.25) is 0 Å². The molecule has 2 N–H and O–H groups in total. The number of hydrogen-bond donors (Lipinski definition) is 2. The Morgan fingerprint density at radius 2 is 1.52 bits per heavy atom. The number of phenols is 1. The van der Waals surface area contributed by atoms with Crippen LogP contribution in [0.3, 0.4) is 0 Å². The van der Waals surface area contributed by atoms with Crippen molar-refractivity contribution < 1.29 is 38.0 Å². The Balaban J connectivity index is 0.993. The van der Waals surface area contributed by atoms with Crippen LogP contribution in [0, 0.1) is 5.41 Å². The van der Waals surface area contributed by atoms with E-state index >= 15 is 4.39 Å². The van der Waals surface area contributed by atoms with Crippen molar-refractivity contribution in [2.45, 2.75) is 32.4 Å². The largest absolute Gasteiger partial charge is 0.508 e. The Morgan fingerprint density at radius 1 is 0.870 bits per heavy atom. The van der Waals surface area contributed by atoms with E-state index in [0.717, 1.165) is 39.1 Å². The molecule has 1 aliphatic carbocycles. The molecule has 0 saturated carbocycles. The summed E-state index contributed by atoms with van der Waals surface area (Å²) >= 11 is 0. The van der Waals surface area contributed by atoms with Crippen LogP contribution in [0.5, 0.6) is 17.2 Å². The van der Waals surface area contributed by atoms with Gasteiger partial charge in [0.2, 0.25) is 0 Å². The summed E-state index contributed by atoms with van der Waals surface area (Å²) in [6, 6.07) is 22.6. The van der Waals surface area contributed by atoms with Crippen molar-refractivity contribution in [3.63, 3.8) is 0 Å². The lowest BCUT2D eigenvalue weighted by atomic mass is 9.84. The van der Waals surface area contributed by atoms with Crippen LogP contribution in [0.4, 0.5) is 10.1 Å². The average Bonchev–Trinajstić information content (AvgIpc) is 3.33. The van der Waals surface area contributed by atoms with Gasteiger partial charge in [-0.2, -0.15) is 0 Å². The number of halogens is 1. The van der Waals surface area contributed by atoms with Gasteiger partial charge in [-0.1, -0.05) is 19.1 Å². The molecule has 2 aliphatic rings. The molecule has 6 rings (SSSR count). The van der Waals surface area contributed by atoms with Gasteiger partial charge in [0.05, 0.1) is 32.0 Å². The molecule has 1 fully saturated rings. The van der Waals surface area contributed by atoms with E-state index < -0.39 is 18.0 Å². The fourth-order valence-electron chi connectivity index (χ4n) is 5.55. The highest BCUT2D eigenvalue weighted by Crippen LogP contribution is 2.47. The van der Waals surface area contributed by atoms with Gasteiger partial charge in [-0.25, -0.2) is 9.18 Å². The predicted octanol–water partition coefficient (Wildman–Crippen LogP) is 7.51. The van der Waals surface area contributed by atoms with Gasteiger partial charge >= 0.3 is 5.97 Å². The number of esters is 1. The first-order valence-electron chi connectivity index (χ1n) is 15.5. The first-order valence-corrected chi connectivity index (χ1v) is 15.5. The minimum atomic E-state index is -1.49. The highest BCUT2D eigenvalue weighted by Gasteiger charge is 2.37. The molecule has 46 heavy (non-hydrogen) atoms. The van der Waals surface area contributed by atoms with Crippen LogP contribution in [0.15, 0.2) is 84.9 Å². The van der Waals surface area contributed by atoms with Gasteiger partial charge in [-0.05, 0) is 109 Å². The normalized spacial score (nSPS) is 15.7. The molecule has 1 amide bonds. The van der Waals surface area contributed by atoms with E-state index in [4.69, 9.17) is 18.9 Å². The van der Waals surface area contributed by atoms with Gasteiger partial charge in [0.15, 0.2) is 6.17 Å². The Labute approximate surface area is 267 Å². The Hall–Kier alpha value is -4.73. The second-order valence-corrected chi connectivity index (χ2v) is 11.8. The Morgan fingerprint density at radius 3 is 2.22 bits per heavy atom. The molecule has 1 atom stereocenters. The number of carbonyl (C=O) groups excluding carboxylic acids is 2. The number of anilines is 1. The molecule has 0 radical (unpaired) electrons. The molecule has 1 heterocycles. The average molecular weight is 626 g/mol. The third kappa shape index (κ3) is 6.90. The number of unbranched alkanes of at least 4 members (excludes halogenated alkanes) is 1. The van der Waals surface area contributed by atoms with E-state index in [9.17, 15) is 14.7 Å². The summed E-state index contributed by atoms with van der Waals surface area (Å²) in [6.45, 7) is 5.70. The minimum Gasteiger partial charge on any atom is -0.508 e. The zero-order valence-corrected chi connectivity index (χ0v) is 25.6. The van der Waals surface area contributed by atoms with Gasteiger partial charge in [0.25, 0.3) is 5.91 Å². The van der Waals surface area contributed by atoms with E-state index in [2.05, 4.69) is 12.2 Å². The molecule has 0 aromatic heterocycles. The lowest BCUT2D eigenvalue weighted by molar-refractivity contribution is -0.150. The first-order chi connectivity index (χ1) is 22.3. The number of rotatable bonds is 13. The fraction of sp³-hybridized carbons (Fsp3) is 0.297. The number of fused-ring (bicyclic) bond motifs is 3. The molecule has 4 aromatic rings. The number of nitrogens with one attached hydrogen (secondary N) is 1. The second-order valence-electron chi connectivity index (χ2n) is 11.8. The molecule has 1 aliphatic heterocycles. The third-order valence-electron chi connectivity index (χ3n) is 8.53. The molecule has 238 valence electrons. The first kappa shape index (κ1) is 31.3. The number of aromatic hydroxyl groups is 1. The van der Waals surface area contributed by atoms with Crippen molar-refractivity contribution in [2.75, 3.05) is 38.4 Å². The highest BCUT2D eigenvalue weighted by atomic mass is 19.1. The van der Waals surface area contributed by atoms with Crippen molar-refractivity contribution >= 4 is 17.6 Å². The van der Waals surface area contributed by atoms with Crippen molar-refractivity contribution in [3.8, 4) is 28.4 Å². The molecular weight excluding hydrogens is 589 g/mol. The highest BCUT2D eigenvalue weighted by molar-refractivity contribution is 6.05. The van der Waals surface area contributed by atoms with Gasteiger partial charge in [0.1, 0.15) is 17.2 Å². The van der Waals surface area contributed by atoms with Crippen LogP contribution in [0.25, 0.3) is 11.1 Å². The summed E-state index contributed by atoms with van der Waals surface area (Å²) in [5.74, 6) is 0.00490. The van der Waals surface area contributed by atoms with Gasteiger partial charge < -0.3 is 29.4 Å². The van der Waals surface area contributed by atoms with Crippen molar-refractivity contribution in [1.29, 1.82) is 0 Å². The van der Waals surface area contributed by atoms with Gasteiger partial charge in [0, 0.05) is 28.8 Å². The Bertz CT molecular complexity index is 1690. The molecule has 0 bridgehead atoms. The topological polar surface area (TPSA) is 103 Å². The lowest BCUT2D eigenvalue weighted by Crippen LogP contribution is -2.45. The van der Waals surface area contributed by atoms with E-state index in [1.807, 2.05) is 0 Å². The fourth-order valence-corrected chi connectivity index (χ4v) is 5.55. The summed E-state index contributed by atoms with van der Waals surface area (Å²) in [6.07, 6.45) is 1.33. The van der Waals surface area contributed by atoms with Crippen molar-refractivity contribution in [1.82, 2.24) is 0 Å². The number of benzene rings is 4. The maximum Gasteiger partial charge on any atom is 0.343 e. The third-order valence-corrected chi connectivity index (χ3v) is 8.53. The maximum absolute atomic E-state index is 15.7. The smallest absolute Gasteiger partial charge is 0.343 e. The van der Waals surface area contributed by atoms with Crippen LogP contribution < -0.4 is 14.8 Å². The predicted molar refractivity (Wildman–Crippen MR) is 171 cm³/mol. The minimum absolute atomic E-state index is 0.0884. The summed E-state index contributed by atoms with van der Waals surface area (Å²) < 4.78 is 38.2. The molecule has 1 unspecified atom stereocenters. The molecule has 0 spiro atoms. The van der Waals surface area contributed by atoms with Crippen LogP contribution in [-0.4, -0.2) is 50.0 Å². The number of ether oxygens (including phenoxy) is 4. The molecule has 8 nitrogen and oxygen atoms in total. The van der Waals surface area contributed by atoms with Gasteiger partial charge in [-0.15, -0.1) is 0 Å². The van der Waals surface area contributed by atoms with E-state index in [1.54, 1.807) is 60.7 Å². The van der Waals surface area contributed by atoms with E-state index in [-0.39, 0.29) is 16.9 Å². The summed E-state index contributed by atoms with van der Waals surface area (Å²) in [4.78, 5) is 25.6. The number of hydrogen-bond acceptors (Lipinski definition) is 7. The lowest BCUT2D eigenvalue weighted by Gasteiger charge is -2.40. The van der Waals surface area contributed by atoms with Gasteiger partial charge in [-0.3, -0.25) is 4.79 Å².